The predicted octanol–water partition coefficient (Wildman–Crippen LogP) is 0.901. The lowest BCUT2D eigenvalue weighted by molar-refractivity contribution is -0.662. The molecule has 1 aliphatic rings. The lowest BCUT2D eigenvalue weighted by Crippen LogP contribution is -2.85. The number of aromatic nitrogens is 2. The normalized spacial score (nSPS) is 13.8. The molecule has 0 radical (unpaired) electrons. The summed E-state index contributed by atoms with van der Waals surface area (Å²) in [7, 11) is 5.26. The van der Waals surface area contributed by atoms with Crippen molar-refractivity contribution in [3.63, 3.8) is 0 Å². The third kappa shape index (κ3) is 5.32. The summed E-state index contributed by atoms with van der Waals surface area (Å²) >= 11 is 0. The molecule has 11 nitrogen and oxygen atoms in total. The Balaban J connectivity index is 0.000000546. The van der Waals surface area contributed by atoms with Crippen LogP contribution >= 0.6 is 0 Å². The van der Waals surface area contributed by atoms with Crippen molar-refractivity contribution in [2.45, 2.75) is 25.2 Å². The fourth-order valence-electron chi connectivity index (χ4n) is 4.91. The SMILES string of the molecule is C1CC[NH2+]CC1.COc1ccc(C(c2c(O)c3ccccc3oc2=O)c2c([O-])n(C)c(=O)n(C)c2=O)c(OC)c1. The van der Waals surface area contributed by atoms with Crippen molar-refractivity contribution < 1.29 is 29.4 Å². The second-order valence-electron chi connectivity index (χ2n) is 9.54. The van der Waals surface area contributed by atoms with Crippen molar-refractivity contribution >= 4 is 11.0 Å². The zero-order valence-electron chi connectivity index (χ0n) is 22.9. The number of hydrogen-bond acceptors (Lipinski definition) is 8. The quantitative estimate of drug-likeness (QED) is 0.347. The largest absolute Gasteiger partial charge is 0.860 e. The zero-order valence-corrected chi connectivity index (χ0v) is 22.9. The van der Waals surface area contributed by atoms with Crippen LogP contribution in [-0.2, 0) is 14.1 Å². The molecule has 0 saturated carbocycles. The molecule has 11 heteroatoms. The van der Waals surface area contributed by atoms with Crippen LogP contribution in [0.4, 0.5) is 0 Å². The highest BCUT2D eigenvalue weighted by molar-refractivity contribution is 5.84. The van der Waals surface area contributed by atoms with Crippen molar-refractivity contribution in [3.05, 3.63) is 90.4 Å². The number of benzene rings is 2. The number of aromatic hydroxyl groups is 1. The molecule has 212 valence electrons. The molecule has 2 aromatic carbocycles. The standard InChI is InChI=1S/C24H22N2O8.C5H11N/c1-25-21(28)19(22(29)26(2)24(25)31)17(13-10-9-12(32-3)11-16(13)33-4)18-20(27)14-7-5-6-8-15(14)34-23(18)30;1-2-4-6-5-3-1/h5-11,17,27-28H,1-4H3;6H,1-5H2. The van der Waals surface area contributed by atoms with Crippen LogP contribution < -0.4 is 36.8 Å². The van der Waals surface area contributed by atoms with Gasteiger partial charge < -0.3 is 34.0 Å². The average molecular weight is 552 g/mol. The predicted molar refractivity (Wildman–Crippen MR) is 147 cm³/mol. The van der Waals surface area contributed by atoms with E-state index in [0.29, 0.717) is 5.75 Å². The maximum absolute atomic E-state index is 13.2. The van der Waals surface area contributed by atoms with Gasteiger partial charge in [0, 0.05) is 31.3 Å². The summed E-state index contributed by atoms with van der Waals surface area (Å²) in [5.41, 5.74) is -3.11. The molecular formula is C29H33N3O8. The van der Waals surface area contributed by atoms with Crippen molar-refractivity contribution in [2.75, 3.05) is 27.3 Å². The number of rotatable bonds is 5. The van der Waals surface area contributed by atoms with E-state index in [0.717, 1.165) is 9.13 Å². The van der Waals surface area contributed by atoms with E-state index in [4.69, 9.17) is 13.9 Å². The van der Waals surface area contributed by atoms with E-state index in [9.17, 15) is 24.6 Å². The summed E-state index contributed by atoms with van der Waals surface area (Å²) in [6, 6.07) is 10.9. The summed E-state index contributed by atoms with van der Waals surface area (Å²) in [4.78, 5) is 38.7. The summed E-state index contributed by atoms with van der Waals surface area (Å²) in [6.07, 6.45) is 4.36. The maximum atomic E-state index is 13.2. The molecular weight excluding hydrogens is 518 g/mol. The molecule has 5 rings (SSSR count). The lowest BCUT2D eigenvalue weighted by atomic mass is 9.85. The number of quaternary nitrogens is 1. The van der Waals surface area contributed by atoms with E-state index < -0.39 is 40.0 Å². The van der Waals surface area contributed by atoms with Gasteiger partial charge in [-0.05, 0) is 43.3 Å². The van der Waals surface area contributed by atoms with E-state index in [2.05, 4.69) is 5.32 Å². The maximum Gasteiger partial charge on any atom is 0.344 e. The first-order valence-electron chi connectivity index (χ1n) is 13.0. The van der Waals surface area contributed by atoms with E-state index >= 15 is 0 Å². The van der Waals surface area contributed by atoms with Gasteiger partial charge in [0.1, 0.15) is 22.8 Å². The van der Waals surface area contributed by atoms with Crippen molar-refractivity contribution in [2.24, 2.45) is 14.1 Å². The first-order chi connectivity index (χ1) is 19.2. The van der Waals surface area contributed by atoms with Crippen LogP contribution in [0.1, 0.15) is 41.9 Å². The van der Waals surface area contributed by atoms with Gasteiger partial charge >= 0.3 is 11.3 Å². The number of hydrogen-bond donors (Lipinski definition) is 2. The Bertz CT molecular complexity index is 1690. The van der Waals surface area contributed by atoms with Gasteiger partial charge in [0.2, 0.25) is 0 Å². The smallest absolute Gasteiger partial charge is 0.344 e. The molecule has 0 amide bonds. The number of ether oxygens (including phenoxy) is 2. The van der Waals surface area contributed by atoms with Crippen molar-refractivity contribution in [1.82, 2.24) is 9.13 Å². The third-order valence-corrected chi connectivity index (χ3v) is 7.11. The Morgan fingerprint density at radius 3 is 2.25 bits per heavy atom. The van der Waals surface area contributed by atoms with Crippen LogP contribution in [0.15, 0.2) is 61.3 Å². The van der Waals surface area contributed by atoms with Gasteiger partial charge in [0.15, 0.2) is 0 Å². The number of fused-ring (bicyclic) bond motifs is 1. The first-order valence-corrected chi connectivity index (χ1v) is 13.0. The Hall–Kier alpha value is -4.51. The van der Waals surface area contributed by atoms with E-state index in [-0.39, 0.29) is 27.8 Å². The minimum absolute atomic E-state index is 0.130. The Kier molecular flexibility index (Phi) is 8.64. The highest BCUT2D eigenvalue weighted by Gasteiger charge is 2.32. The molecule has 3 N–H and O–H groups in total. The number of para-hydroxylation sites is 1. The topological polar surface area (TPSA) is 153 Å². The Morgan fingerprint density at radius 2 is 1.65 bits per heavy atom. The number of nitrogens with two attached hydrogens (primary N) is 1. The Labute approximate surface area is 229 Å². The molecule has 1 aliphatic heterocycles. The summed E-state index contributed by atoms with van der Waals surface area (Å²) in [6.45, 7) is 2.75. The van der Waals surface area contributed by atoms with Crippen LogP contribution in [0.5, 0.6) is 23.1 Å². The molecule has 1 atom stereocenters. The number of nitrogens with zero attached hydrogens (tertiary/aromatic N) is 2. The molecule has 0 aliphatic carbocycles. The molecule has 0 spiro atoms. The summed E-state index contributed by atoms with van der Waals surface area (Å²) in [5, 5.41) is 27.0. The lowest BCUT2D eigenvalue weighted by Gasteiger charge is -2.26. The summed E-state index contributed by atoms with van der Waals surface area (Å²) in [5.74, 6) is -2.18. The van der Waals surface area contributed by atoms with Crippen LogP contribution in [0, 0.1) is 0 Å². The van der Waals surface area contributed by atoms with Gasteiger partial charge in [-0.1, -0.05) is 18.2 Å². The molecule has 1 unspecified atom stereocenters. The number of methoxy groups -OCH3 is 2. The summed E-state index contributed by atoms with van der Waals surface area (Å²) < 4.78 is 17.6. The van der Waals surface area contributed by atoms with Crippen LogP contribution in [0.3, 0.4) is 0 Å². The molecule has 2 aromatic heterocycles. The van der Waals surface area contributed by atoms with E-state index in [1.54, 1.807) is 18.2 Å². The number of piperidine rings is 1. The van der Waals surface area contributed by atoms with E-state index in [1.807, 2.05) is 0 Å². The van der Waals surface area contributed by atoms with Gasteiger partial charge in [-0.3, -0.25) is 9.36 Å². The van der Waals surface area contributed by atoms with Crippen LogP contribution in [0.25, 0.3) is 11.0 Å². The Morgan fingerprint density at radius 1 is 0.950 bits per heavy atom. The van der Waals surface area contributed by atoms with E-state index in [1.165, 1.54) is 84.9 Å². The average Bonchev–Trinajstić information content (AvgIpc) is 2.99. The van der Waals surface area contributed by atoms with Gasteiger partial charge in [-0.15, -0.1) is 0 Å². The molecule has 0 bridgehead atoms. The fourth-order valence-corrected chi connectivity index (χ4v) is 4.91. The minimum Gasteiger partial charge on any atom is -0.860 e. The molecule has 1 saturated heterocycles. The van der Waals surface area contributed by atoms with Gasteiger partial charge in [-0.25, -0.2) is 9.59 Å². The van der Waals surface area contributed by atoms with Crippen molar-refractivity contribution in [3.8, 4) is 23.1 Å². The second kappa shape index (κ2) is 12.1. The second-order valence-corrected chi connectivity index (χ2v) is 9.54. The van der Waals surface area contributed by atoms with Crippen LogP contribution in [-0.4, -0.2) is 41.5 Å². The molecule has 40 heavy (non-hydrogen) atoms. The van der Waals surface area contributed by atoms with Gasteiger partial charge in [0.25, 0.3) is 5.56 Å². The molecule has 4 aromatic rings. The van der Waals surface area contributed by atoms with Gasteiger partial charge in [0.05, 0.1) is 44.2 Å². The highest BCUT2D eigenvalue weighted by Crippen LogP contribution is 2.42. The zero-order chi connectivity index (χ0) is 29.0. The highest BCUT2D eigenvalue weighted by atomic mass is 16.5. The molecule has 3 heterocycles. The third-order valence-electron chi connectivity index (χ3n) is 7.11. The van der Waals surface area contributed by atoms with Gasteiger partial charge in [-0.2, -0.15) is 0 Å². The van der Waals surface area contributed by atoms with Crippen molar-refractivity contribution in [1.29, 1.82) is 0 Å². The first kappa shape index (κ1) is 28.5. The van der Waals surface area contributed by atoms with Crippen LogP contribution in [0.2, 0.25) is 0 Å². The minimum atomic E-state index is -1.42. The monoisotopic (exact) mass is 551 g/mol. The fraction of sp³-hybridized carbons (Fsp3) is 0.345. The molecule has 1 fully saturated rings.